The average Bonchev–Trinajstić information content (AvgIpc) is 2.67. The standard InChI is InChI=1S/C25H34O5/c1-6-7-8-9-12-24(2,3)18-14-19(26)20-16-13-15(23(28)29)10-11-17(16)25(4,5)30-22(20)21(18)27/h10,14,16-17H,6-9,11-13H2,1-5H3,(H,28,29)/t16-,17-/m1/s1. The maximum absolute atomic E-state index is 13.5. The van der Waals surface area contributed by atoms with E-state index in [2.05, 4.69) is 6.92 Å². The Bertz CT molecular complexity index is 853. The summed E-state index contributed by atoms with van der Waals surface area (Å²) in [6.45, 7) is 10.1. The fourth-order valence-electron chi connectivity index (χ4n) is 5.20. The molecule has 0 unspecified atom stereocenters. The van der Waals surface area contributed by atoms with Crippen LogP contribution in [0.5, 0.6) is 0 Å². The Labute approximate surface area is 179 Å². The van der Waals surface area contributed by atoms with Gasteiger partial charge in [0.05, 0.1) is 0 Å². The molecule has 0 aromatic carbocycles. The minimum absolute atomic E-state index is 0.0342. The van der Waals surface area contributed by atoms with Crippen LogP contribution in [0.4, 0.5) is 0 Å². The molecule has 0 bridgehead atoms. The van der Waals surface area contributed by atoms with Crippen molar-refractivity contribution < 1.29 is 24.2 Å². The third kappa shape index (κ3) is 4.03. The van der Waals surface area contributed by atoms with Gasteiger partial charge in [0.1, 0.15) is 5.60 Å². The number of hydrogen-bond donors (Lipinski definition) is 1. The molecule has 0 saturated carbocycles. The summed E-state index contributed by atoms with van der Waals surface area (Å²) in [6.07, 6.45) is 9.28. The Kier molecular flexibility index (Phi) is 6.13. The van der Waals surface area contributed by atoms with Crippen molar-refractivity contribution in [2.75, 3.05) is 0 Å². The van der Waals surface area contributed by atoms with E-state index < -0.39 is 17.0 Å². The molecule has 0 aromatic rings. The monoisotopic (exact) mass is 414 g/mol. The number of carbonyl (C=O) groups excluding carboxylic acids is 2. The van der Waals surface area contributed by atoms with Crippen LogP contribution < -0.4 is 0 Å². The van der Waals surface area contributed by atoms with Crippen molar-refractivity contribution in [1.82, 2.24) is 0 Å². The lowest BCUT2D eigenvalue weighted by molar-refractivity contribution is -0.134. The van der Waals surface area contributed by atoms with Gasteiger partial charge in [-0.05, 0) is 44.6 Å². The molecular weight excluding hydrogens is 380 g/mol. The van der Waals surface area contributed by atoms with Crippen LogP contribution in [0.3, 0.4) is 0 Å². The fourth-order valence-corrected chi connectivity index (χ4v) is 5.20. The van der Waals surface area contributed by atoms with Crippen LogP contribution in [0.15, 0.2) is 34.6 Å². The van der Waals surface area contributed by atoms with E-state index in [-0.39, 0.29) is 35.6 Å². The van der Waals surface area contributed by atoms with Crippen molar-refractivity contribution in [2.24, 2.45) is 17.3 Å². The topological polar surface area (TPSA) is 80.7 Å². The van der Waals surface area contributed by atoms with Crippen molar-refractivity contribution >= 4 is 17.5 Å². The molecule has 2 atom stereocenters. The Morgan fingerprint density at radius 1 is 1.23 bits per heavy atom. The molecule has 5 heteroatoms. The molecule has 0 amide bonds. The largest absolute Gasteiger partial charge is 0.483 e. The first-order chi connectivity index (χ1) is 14.0. The van der Waals surface area contributed by atoms with Gasteiger partial charge in [-0.25, -0.2) is 4.79 Å². The van der Waals surface area contributed by atoms with Gasteiger partial charge in [0.2, 0.25) is 5.78 Å². The minimum Gasteiger partial charge on any atom is -0.483 e. The third-order valence-electron chi connectivity index (χ3n) is 7.07. The highest BCUT2D eigenvalue weighted by atomic mass is 16.5. The summed E-state index contributed by atoms with van der Waals surface area (Å²) in [5.74, 6) is -1.55. The number of hydrogen-bond acceptors (Lipinski definition) is 4. The molecule has 0 spiro atoms. The summed E-state index contributed by atoms with van der Waals surface area (Å²) < 4.78 is 6.19. The first-order valence-electron chi connectivity index (χ1n) is 11.2. The number of fused-ring (bicyclic) bond motifs is 2. The highest BCUT2D eigenvalue weighted by Gasteiger charge is 2.52. The van der Waals surface area contributed by atoms with Crippen LogP contribution in [0.2, 0.25) is 0 Å². The Morgan fingerprint density at radius 3 is 2.57 bits per heavy atom. The first-order valence-corrected chi connectivity index (χ1v) is 11.2. The molecule has 164 valence electrons. The summed E-state index contributed by atoms with van der Waals surface area (Å²) in [4.78, 5) is 38.2. The number of carboxylic acids is 1. The van der Waals surface area contributed by atoms with E-state index in [0.717, 1.165) is 32.1 Å². The zero-order valence-corrected chi connectivity index (χ0v) is 18.8. The van der Waals surface area contributed by atoms with Gasteiger partial charge in [-0.15, -0.1) is 0 Å². The summed E-state index contributed by atoms with van der Waals surface area (Å²) >= 11 is 0. The highest BCUT2D eigenvalue weighted by Crippen LogP contribution is 2.51. The molecule has 0 radical (unpaired) electrons. The lowest BCUT2D eigenvalue weighted by Gasteiger charge is -2.48. The molecule has 1 N–H and O–H groups in total. The molecule has 1 aliphatic heterocycles. The van der Waals surface area contributed by atoms with Crippen LogP contribution in [0.1, 0.15) is 79.6 Å². The van der Waals surface area contributed by atoms with Crippen molar-refractivity contribution in [3.8, 4) is 0 Å². The number of allylic oxidation sites excluding steroid dienone is 4. The molecule has 30 heavy (non-hydrogen) atoms. The van der Waals surface area contributed by atoms with Gasteiger partial charge in [0, 0.05) is 28.6 Å². The van der Waals surface area contributed by atoms with Gasteiger partial charge >= 0.3 is 5.97 Å². The Morgan fingerprint density at radius 2 is 1.93 bits per heavy atom. The predicted octanol–water partition coefficient (Wildman–Crippen LogP) is 5.16. The van der Waals surface area contributed by atoms with Crippen LogP contribution in [-0.4, -0.2) is 28.2 Å². The molecule has 2 aliphatic carbocycles. The van der Waals surface area contributed by atoms with Crippen molar-refractivity contribution in [3.05, 3.63) is 34.6 Å². The second kappa shape index (κ2) is 8.16. The maximum atomic E-state index is 13.5. The van der Waals surface area contributed by atoms with Crippen molar-refractivity contribution in [2.45, 2.75) is 85.2 Å². The Hall–Kier alpha value is -2.17. The van der Waals surface area contributed by atoms with Gasteiger partial charge < -0.3 is 9.84 Å². The molecule has 3 rings (SSSR count). The van der Waals surface area contributed by atoms with Gasteiger partial charge in [-0.3, -0.25) is 9.59 Å². The van der Waals surface area contributed by atoms with Crippen molar-refractivity contribution in [1.29, 1.82) is 0 Å². The number of rotatable bonds is 7. The lowest BCUT2D eigenvalue weighted by Crippen LogP contribution is -2.49. The van der Waals surface area contributed by atoms with Gasteiger partial charge in [-0.1, -0.05) is 52.5 Å². The molecule has 0 fully saturated rings. The number of carboxylic acid groups (broad SMARTS) is 1. The molecule has 3 aliphatic rings. The summed E-state index contributed by atoms with van der Waals surface area (Å²) in [5.41, 5.74) is 0.144. The third-order valence-corrected chi connectivity index (χ3v) is 7.07. The number of unbranched alkanes of at least 4 members (excludes halogenated alkanes) is 3. The Balaban J connectivity index is 1.93. The van der Waals surface area contributed by atoms with Crippen LogP contribution in [-0.2, 0) is 19.1 Å². The van der Waals surface area contributed by atoms with Gasteiger partial charge in [-0.2, -0.15) is 0 Å². The maximum Gasteiger partial charge on any atom is 0.331 e. The molecule has 1 heterocycles. The lowest BCUT2D eigenvalue weighted by atomic mass is 9.63. The number of ether oxygens (including phenoxy) is 1. The quantitative estimate of drug-likeness (QED) is 0.460. The summed E-state index contributed by atoms with van der Waals surface area (Å²) in [6, 6.07) is 0. The molecule has 5 nitrogen and oxygen atoms in total. The minimum atomic E-state index is -0.959. The smallest absolute Gasteiger partial charge is 0.331 e. The number of ketones is 2. The molecular formula is C25H34O5. The second-order valence-electron chi connectivity index (χ2n) is 10.1. The van der Waals surface area contributed by atoms with E-state index in [4.69, 9.17) is 4.74 Å². The van der Waals surface area contributed by atoms with E-state index in [1.807, 2.05) is 27.7 Å². The fraction of sp³-hybridized carbons (Fsp3) is 0.640. The summed E-state index contributed by atoms with van der Waals surface area (Å²) in [5, 5.41) is 9.46. The number of aliphatic carboxylic acids is 1. The van der Waals surface area contributed by atoms with Gasteiger partial charge in [0.25, 0.3) is 0 Å². The zero-order valence-electron chi connectivity index (χ0n) is 18.8. The van der Waals surface area contributed by atoms with Gasteiger partial charge in [0.15, 0.2) is 11.5 Å². The summed E-state index contributed by atoms with van der Waals surface area (Å²) in [7, 11) is 0. The van der Waals surface area contributed by atoms with E-state index >= 15 is 0 Å². The highest BCUT2D eigenvalue weighted by molar-refractivity contribution is 6.22. The first kappa shape index (κ1) is 22.5. The average molecular weight is 415 g/mol. The van der Waals surface area contributed by atoms with E-state index in [9.17, 15) is 19.5 Å². The van der Waals surface area contributed by atoms with Crippen LogP contribution in [0, 0.1) is 17.3 Å². The molecule has 0 aromatic heterocycles. The molecule has 0 saturated heterocycles. The SMILES string of the molecule is CCCCCCC(C)(C)C1=CC(=O)C2=C(OC(C)(C)[C@@H]3CC=C(C(=O)O)C[C@@H]23)C1=O. The van der Waals surface area contributed by atoms with E-state index in [1.54, 1.807) is 6.08 Å². The normalized spacial score (nSPS) is 25.8. The zero-order chi connectivity index (χ0) is 22.3. The van der Waals surface area contributed by atoms with Crippen LogP contribution >= 0.6 is 0 Å². The number of Topliss-reactive ketones (excluding diaryl/α,β-unsaturated/α-hetero) is 1. The predicted molar refractivity (Wildman–Crippen MR) is 115 cm³/mol. The van der Waals surface area contributed by atoms with E-state index in [0.29, 0.717) is 23.1 Å². The number of carbonyl (C=O) groups is 3. The van der Waals surface area contributed by atoms with E-state index in [1.165, 1.54) is 6.08 Å². The van der Waals surface area contributed by atoms with Crippen molar-refractivity contribution in [3.63, 3.8) is 0 Å². The van der Waals surface area contributed by atoms with Crippen LogP contribution in [0.25, 0.3) is 0 Å². The second-order valence-corrected chi connectivity index (χ2v) is 10.1.